The average Bonchev–Trinajstić information content (AvgIpc) is 3.15. The second kappa shape index (κ2) is 6.76. The highest BCUT2D eigenvalue weighted by Crippen LogP contribution is 2.43. The maximum atomic E-state index is 15.0. The van der Waals surface area contributed by atoms with Gasteiger partial charge >= 0.3 is 0 Å². The summed E-state index contributed by atoms with van der Waals surface area (Å²) < 4.78 is 27.3. The minimum Gasteiger partial charge on any atom is -0.479 e. The largest absolute Gasteiger partial charge is 0.479 e. The van der Waals surface area contributed by atoms with E-state index in [9.17, 15) is 14.6 Å². The number of fused-ring (bicyclic) bond motifs is 1. The second-order valence-corrected chi connectivity index (χ2v) is 14.1. The standard InChI is InChI=1S/C17H27FN4O4Si/c1-17(2,3)27(5,6)16(24)12-11(23)9(18)15(26-12)22-8-21-10-13(22)19-7-20-14(10)25-4/h7-9,11-12,15-16,23-24H,1-6H3/t9-,11+,12+,15-,16?/m1/s1. The summed E-state index contributed by atoms with van der Waals surface area (Å²) in [5.41, 5.74) is -0.224. The van der Waals surface area contributed by atoms with Crippen molar-refractivity contribution < 1.29 is 24.1 Å². The highest BCUT2D eigenvalue weighted by molar-refractivity contribution is 6.81. The Balaban J connectivity index is 1.94. The number of hydrogen-bond acceptors (Lipinski definition) is 7. The smallest absolute Gasteiger partial charge is 0.245 e. The van der Waals surface area contributed by atoms with Gasteiger partial charge in [-0.1, -0.05) is 33.9 Å². The highest BCUT2D eigenvalue weighted by Gasteiger charge is 2.54. The molecule has 0 saturated carbocycles. The number of aromatic nitrogens is 4. The van der Waals surface area contributed by atoms with Gasteiger partial charge in [0.15, 0.2) is 23.6 Å². The first-order valence-electron chi connectivity index (χ1n) is 8.88. The molecule has 2 aromatic rings. The summed E-state index contributed by atoms with van der Waals surface area (Å²) in [5.74, 6) is 0.269. The molecule has 2 aromatic heterocycles. The molecule has 8 nitrogen and oxygen atoms in total. The highest BCUT2D eigenvalue weighted by atomic mass is 28.3. The lowest BCUT2D eigenvalue weighted by Gasteiger charge is -2.43. The SMILES string of the molecule is COc1ncnc2c1ncn2[C@@H]1O[C@H](C(O)[Si](C)(C)C(C)(C)C)[C@@H](O)[C@H]1F. The molecule has 1 fully saturated rings. The summed E-state index contributed by atoms with van der Waals surface area (Å²) >= 11 is 0. The molecular weight excluding hydrogens is 371 g/mol. The Hall–Kier alpha value is -1.62. The topological polar surface area (TPSA) is 103 Å². The van der Waals surface area contributed by atoms with Crippen LogP contribution in [0, 0.1) is 0 Å². The van der Waals surface area contributed by atoms with Gasteiger partial charge in [0.25, 0.3) is 0 Å². The van der Waals surface area contributed by atoms with Gasteiger partial charge < -0.3 is 19.7 Å². The second-order valence-electron chi connectivity index (χ2n) is 8.55. The summed E-state index contributed by atoms with van der Waals surface area (Å²) in [6.45, 7) is 10.2. The number of halogens is 1. The number of aliphatic hydroxyl groups excluding tert-OH is 2. The van der Waals surface area contributed by atoms with Gasteiger partial charge in [0, 0.05) is 0 Å². The van der Waals surface area contributed by atoms with Crippen LogP contribution in [-0.2, 0) is 4.74 Å². The molecule has 0 radical (unpaired) electrons. The van der Waals surface area contributed by atoms with Crippen molar-refractivity contribution in [2.45, 2.75) is 69.2 Å². The van der Waals surface area contributed by atoms with Crippen LogP contribution in [0.3, 0.4) is 0 Å². The molecule has 3 heterocycles. The van der Waals surface area contributed by atoms with Crippen molar-refractivity contribution in [3.05, 3.63) is 12.7 Å². The summed E-state index contributed by atoms with van der Waals surface area (Å²) in [5, 5.41) is 21.3. The van der Waals surface area contributed by atoms with E-state index in [-0.39, 0.29) is 10.9 Å². The summed E-state index contributed by atoms with van der Waals surface area (Å²) in [4.78, 5) is 12.3. The first kappa shape index (κ1) is 20.1. The number of aliphatic hydroxyl groups is 2. The Bertz CT molecular complexity index is 825. The lowest BCUT2D eigenvalue weighted by atomic mass is 10.1. The minimum absolute atomic E-state index is 0.151. The molecule has 0 bridgehead atoms. The number of methoxy groups -OCH3 is 1. The van der Waals surface area contributed by atoms with Gasteiger partial charge in [0.2, 0.25) is 5.88 Å². The van der Waals surface area contributed by atoms with Crippen molar-refractivity contribution in [3.8, 4) is 5.88 Å². The van der Waals surface area contributed by atoms with E-state index in [2.05, 4.69) is 15.0 Å². The van der Waals surface area contributed by atoms with E-state index in [1.165, 1.54) is 24.3 Å². The Morgan fingerprint density at radius 1 is 1.30 bits per heavy atom. The molecule has 5 atom stereocenters. The molecule has 0 aliphatic carbocycles. The van der Waals surface area contributed by atoms with Crippen molar-refractivity contribution in [1.29, 1.82) is 0 Å². The Morgan fingerprint density at radius 3 is 2.56 bits per heavy atom. The summed E-state index contributed by atoms with van der Waals surface area (Å²) in [6, 6.07) is 0. The van der Waals surface area contributed by atoms with Crippen molar-refractivity contribution in [1.82, 2.24) is 19.5 Å². The molecule has 2 N–H and O–H groups in total. The number of alkyl halides is 1. The molecular formula is C17H27FN4O4Si. The third kappa shape index (κ3) is 3.14. The van der Waals surface area contributed by atoms with Crippen LogP contribution < -0.4 is 4.74 Å². The monoisotopic (exact) mass is 398 g/mol. The van der Waals surface area contributed by atoms with E-state index < -0.39 is 38.4 Å². The van der Waals surface area contributed by atoms with Crippen LogP contribution >= 0.6 is 0 Å². The van der Waals surface area contributed by atoms with Crippen LogP contribution in [0.5, 0.6) is 5.88 Å². The maximum Gasteiger partial charge on any atom is 0.245 e. The summed E-state index contributed by atoms with van der Waals surface area (Å²) in [6.07, 6.45) is -2.67. The maximum absolute atomic E-state index is 15.0. The molecule has 0 aromatic carbocycles. The number of ether oxygens (including phenoxy) is 2. The predicted octanol–water partition coefficient (Wildman–Crippen LogP) is 1.84. The van der Waals surface area contributed by atoms with Crippen molar-refractivity contribution in [2.24, 2.45) is 0 Å². The van der Waals surface area contributed by atoms with Gasteiger partial charge in [0.1, 0.15) is 18.5 Å². The third-order valence-electron chi connectivity index (χ3n) is 6.01. The van der Waals surface area contributed by atoms with E-state index in [1.807, 2.05) is 33.9 Å². The number of rotatable bonds is 4. The van der Waals surface area contributed by atoms with Crippen LogP contribution in [0.2, 0.25) is 18.1 Å². The van der Waals surface area contributed by atoms with E-state index in [1.54, 1.807) is 0 Å². The lowest BCUT2D eigenvalue weighted by Crippen LogP contribution is -2.57. The molecule has 1 aliphatic heterocycles. The zero-order valence-electron chi connectivity index (χ0n) is 16.4. The van der Waals surface area contributed by atoms with Gasteiger partial charge in [-0.25, -0.2) is 14.4 Å². The first-order chi connectivity index (χ1) is 12.5. The number of hydrogen-bond donors (Lipinski definition) is 2. The molecule has 10 heteroatoms. The molecule has 150 valence electrons. The fourth-order valence-corrected chi connectivity index (χ4v) is 5.15. The lowest BCUT2D eigenvalue weighted by molar-refractivity contribution is -0.0621. The quantitative estimate of drug-likeness (QED) is 0.758. The van der Waals surface area contributed by atoms with E-state index in [0.29, 0.717) is 11.2 Å². The molecule has 3 rings (SSSR count). The molecule has 1 aliphatic rings. The van der Waals surface area contributed by atoms with Gasteiger partial charge in [-0.15, -0.1) is 0 Å². The average molecular weight is 399 g/mol. The van der Waals surface area contributed by atoms with E-state index in [4.69, 9.17) is 9.47 Å². The zero-order valence-corrected chi connectivity index (χ0v) is 17.4. The number of imidazole rings is 1. The summed E-state index contributed by atoms with van der Waals surface area (Å²) in [7, 11) is -0.836. The van der Waals surface area contributed by atoms with Crippen molar-refractivity contribution in [3.63, 3.8) is 0 Å². The molecule has 1 unspecified atom stereocenters. The van der Waals surface area contributed by atoms with Gasteiger partial charge in [-0.2, -0.15) is 4.98 Å². The normalized spacial score (nSPS) is 27.9. The van der Waals surface area contributed by atoms with Crippen molar-refractivity contribution >= 4 is 19.2 Å². The molecule has 0 amide bonds. The zero-order chi connectivity index (χ0) is 20.1. The van der Waals surface area contributed by atoms with E-state index >= 15 is 0 Å². The number of nitrogens with zero attached hydrogens (tertiary/aromatic N) is 4. The fourth-order valence-electron chi connectivity index (χ4n) is 3.17. The molecule has 27 heavy (non-hydrogen) atoms. The Labute approximate surface area is 158 Å². The van der Waals surface area contributed by atoms with Crippen LogP contribution in [0.15, 0.2) is 12.7 Å². The van der Waals surface area contributed by atoms with Crippen LogP contribution in [0.4, 0.5) is 4.39 Å². The Kier molecular flexibility index (Phi) is 5.04. The van der Waals surface area contributed by atoms with Crippen LogP contribution in [0.1, 0.15) is 27.0 Å². The third-order valence-corrected chi connectivity index (χ3v) is 11.7. The minimum atomic E-state index is -2.29. The first-order valence-corrected chi connectivity index (χ1v) is 12.0. The van der Waals surface area contributed by atoms with Crippen LogP contribution in [0.25, 0.3) is 11.2 Å². The van der Waals surface area contributed by atoms with Gasteiger partial charge in [0.05, 0.1) is 27.2 Å². The molecule has 0 spiro atoms. The van der Waals surface area contributed by atoms with Gasteiger partial charge in [-0.05, 0) is 5.04 Å². The predicted molar refractivity (Wildman–Crippen MR) is 99.9 cm³/mol. The van der Waals surface area contributed by atoms with Crippen molar-refractivity contribution in [2.75, 3.05) is 7.11 Å². The fraction of sp³-hybridized carbons (Fsp3) is 0.706. The van der Waals surface area contributed by atoms with E-state index in [0.717, 1.165) is 0 Å². The van der Waals surface area contributed by atoms with Gasteiger partial charge in [-0.3, -0.25) is 4.57 Å². The van der Waals surface area contributed by atoms with Crippen LogP contribution in [-0.4, -0.2) is 69.0 Å². The Morgan fingerprint density at radius 2 is 1.96 bits per heavy atom. The molecule has 1 saturated heterocycles.